The number of anilines is 2. The summed E-state index contributed by atoms with van der Waals surface area (Å²) < 4.78 is 10.8. The Morgan fingerprint density at radius 3 is 2.53 bits per heavy atom. The number of carbonyl (C=O) groups excluding carboxylic acids is 3. The van der Waals surface area contributed by atoms with E-state index in [1.54, 1.807) is 48.5 Å². The summed E-state index contributed by atoms with van der Waals surface area (Å²) in [6, 6.07) is 17.6. The minimum Gasteiger partial charge on any atom is -0.494 e. The van der Waals surface area contributed by atoms with Gasteiger partial charge in [0.15, 0.2) is 0 Å². The van der Waals surface area contributed by atoms with Crippen molar-refractivity contribution in [2.75, 3.05) is 17.2 Å². The lowest BCUT2D eigenvalue weighted by molar-refractivity contribution is -0.136. The number of hydrogen-bond acceptors (Lipinski definition) is 7. The van der Waals surface area contributed by atoms with Crippen LogP contribution in [0.25, 0.3) is 11.0 Å². The number of benzene rings is 3. The number of nitrogens with one attached hydrogen (secondary N) is 3. The molecule has 38 heavy (non-hydrogen) atoms. The number of carbonyl (C=O) groups is 3. The molecule has 0 bridgehead atoms. The first-order chi connectivity index (χ1) is 18.4. The number of fused-ring (bicyclic) bond motifs is 1. The van der Waals surface area contributed by atoms with E-state index in [-0.39, 0.29) is 22.2 Å². The van der Waals surface area contributed by atoms with E-state index >= 15 is 0 Å². The average molecular weight is 533 g/mol. The second-order valence-electron chi connectivity index (χ2n) is 7.77. The Morgan fingerprint density at radius 2 is 1.76 bits per heavy atom. The minimum atomic E-state index is -1.11. The molecule has 10 nitrogen and oxygen atoms in total. The first kappa shape index (κ1) is 26.1. The van der Waals surface area contributed by atoms with Gasteiger partial charge in [-0.3, -0.25) is 19.2 Å². The molecule has 4 rings (SSSR count). The monoisotopic (exact) mass is 532 g/mol. The summed E-state index contributed by atoms with van der Waals surface area (Å²) in [6.07, 6.45) is 2.23. The number of hydrogen-bond donors (Lipinski definition) is 3. The fourth-order valence-corrected chi connectivity index (χ4v) is 3.56. The molecule has 1 heterocycles. The summed E-state index contributed by atoms with van der Waals surface area (Å²) in [5, 5.41) is 9.38. The van der Waals surface area contributed by atoms with Gasteiger partial charge in [-0.15, -0.1) is 0 Å². The molecular weight excluding hydrogens is 512 g/mol. The molecule has 0 unspecified atom stereocenters. The van der Waals surface area contributed by atoms with E-state index in [4.69, 9.17) is 20.8 Å². The molecule has 3 N–H and O–H groups in total. The van der Waals surface area contributed by atoms with E-state index in [9.17, 15) is 19.2 Å². The van der Waals surface area contributed by atoms with E-state index in [1.165, 1.54) is 24.5 Å². The van der Waals surface area contributed by atoms with Crippen molar-refractivity contribution in [1.29, 1.82) is 0 Å². The third kappa shape index (κ3) is 6.23. The van der Waals surface area contributed by atoms with Crippen molar-refractivity contribution < 1.29 is 23.5 Å². The van der Waals surface area contributed by atoms with Crippen LogP contribution in [0.2, 0.25) is 5.02 Å². The van der Waals surface area contributed by atoms with E-state index < -0.39 is 23.2 Å². The Morgan fingerprint density at radius 1 is 1.00 bits per heavy atom. The van der Waals surface area contributed by atoms with Crippen LogP contribution in [0.4, 0.5) is 11.4 Å². The molecule has 0 saturated heterocycles. The molecule has 0 saturated carbocycles. The Labute approximate surface area is 221 Å². The van der Waals surface area contributed by atoms with Crippen LogP contribution in [0.3, 0.4) is 0 Å². The fraction of sp³-hybridized carbons (Fsp3) is 0.0741. The Kier molecular flexibility index (Phi) is 8.14. The topological polar surface area (TPSA) is 139 Å². The number of nitrogens with zero attached hydrogens (tertiary/aromatic N) is 1. The van der Waals surface area contributed by atoms with E-state index in [2.05, 4.69) is 15.7 Å². The summed E-state index contributed by atoms with van der Waals surface area (Å²) in [4.78, 5) is 50.1. The van der Waals surface area contributed by atoms with Crippen LogP contribution in [-0.4, -0.2) is 30.5 Å². The molecule has 4 aromatic rings. The van der Waals surface area contributed by atoms with Crippen molar-refractivity contribution >= 4 is 57.9 Å². The fourth-order valence-electron chi connectivity index (χ4n) is 3.39. The summed E-state index contributed by atoms with van der Waals surface area (Å²) in [6.45, 7) is 2.39. The largest absolute Gasteiger partial charge is 0.494 e. The molecule has 11 heteroatoms. The van der Waals surface area contributed by atoms with Gasteiger partial charge in [0, 0.05) is 10.7 Å². The summed E-state index contributed by atoms with van der Waals surface area (Å²) in [5.74, 6) is -2.01. The van der Waals surface area contributed by atoms with Crippen LogP contribution in [0, 0.1) is 0 Å². The minimum absolute atomic E-state index is 0.0387. The zero-order chi connectivity index (χ0) is 27.1. The second kappa shape index (κ2) is 11.8. The molecule has 0 aliphatic carbocycles. The van der Waals surface area contributed by atoms with Gasteiger partial charge in [-0.2, -0.15) is 5.10 Å². The smallest absolute Gasteiger partial charge is 0.329 e. The molecule has 0 fully saturated rings. The zero-order valence-electron chi connectivity index (χ0n) is 20.0. The van der Waals surface area contributed by atoms with E-state index in [1.807, 2.05) is 12.3 Å². The molecule has 192 valence electrons. The first-order valence-corrected chi connectivity index (χ1v) is 11.7. The number of ether oxygens (including phenoxy) is 1. The van der Waals surface area contributed by atoms with Gasteiger partial charge in [-0.1, -0.05) is 23.7 Å². The molecule has 0 atom stereocenters. The van der Waals surface area contributed by atoms with Crippen LogP contribution in [0.1, 0.15) is 22.8 Å². The number of amides is 3. The molecule has 3 amide bonds. The van der Waals surface area contributed by atoms with Crippen molar-refractivity contribution in [1.82, 2.24) is 5.43 Å². The maximum absolute atomic E-state index is 12.8. The highest BCUT2D eigenvalue weighted by Crippen LogP contribution is 2.20. The van der Waals surface area contributed by atoms with Gasteiger partial charge in [0.05, 0.1) is 35.0 Å². The van der Waals surface area contributed by atoms with Gasteiger partial charge in [0.25, 0.3) is 5.91 Å². The molecule has 0 aliphatic heterocycles. The van der Waals surface area contributed by atoms with Crippen molar-refractivity contribution in [2.45, 2.75) is 6.92 Å². The van der Waals surface area contributed by atoms with Gasteiger partial charge in [-0.05, 0) is 61.5 Å². The molecule has 3 aromatic carbocycles. The quantitative estimate of drug-likeness (QED) is 0.185. The Hall–Kier alpha value is -4.96. The molecular formula is C27H21ClN4O6. The summed E-state index contributed by atoms with van der Waals surface area (Å²) in [5.41, 5.74) is 2.78. The molecule has 0 spiro atoms. The van der Waals surface area contributed by atoms with Gasteiger partial charge >= 0.3 is 11.8 Å². The number of halogens is 1. The van der Waals surface area contributed by atoms with Gasteiger partial charge in [-0.25, -0.2) is 5.43 Å². The van der Waals surface area contributed by atoms with Crippen molar-refractivity contribution in [3.8, 4) is 5.75 Å². The highest BCUT2D eigenvalue weighted by atomic mass is 35.5. The zero-order valence-corrected chi connectivity index (χ0v) is 20.7. The van der Waals surface area contributed by atoms with Crippen LogP contribution in [-0.2, 0) is 9.59 Å². The number of hydrazone groups is 1. The number of para-hydroxylation sites is 1. The Balaban J connectivity index is 1.40. The lowest BCUT2D eigenvalue weighted by Crippen LogP contribution is -2.33. The molecule has 1 aromatic heterocycles. The predicted octanol–water partition coefficient (Wildman–Crippen LogP) is 4.19. The van der Waals surface area contributed by atoms with E-state index in [0.29, 0.717) is 28.6 Å². The van der Waals surface area contributed by atoms with Gasteiger partial charge < -0.3 is 19.8 Å². The third-order valence-electron chi connectivity index (χ3n) is 5.18. The van der Waals surface area contributed by atoms with E-state index in [0.717, 1.165) is 6.21 Å². The highest BCUT2D eigenvalue weighted by Gasteiger charge is 2.18. The maximum Gasteiger partial charge on any atom is 0.329 e. The summed E-state index contributed by atoms with van der Waals surface area (Å²) >= 11 is 5.93. The standard InChI is InChI=1S/C27H21ClN4O6/c1-2-37-19-10-8-18(9-11-19)30-25(34)20-5-3-4-6-22(20)31-26(35)27(36)32-29-14-16-15-38-23-12-7-17(28)13-21(23)24(16)33/h3-15H,2H2,1H3,(H,30,34)(H,31,35)(H,32,36). The molecule has 0 radical (unpaired) electrons. The second-order valence-corrected chi connectivity index (χ2v) is 8.21. The van der Waals surface area contributed by atoms with Crippen molar-refractivity contribution in [3.05, 3.63) is 99.4 Å². The van der Waals surface area contributed by atoms with Gasteiger partial charge in [0.1, 0.15) is 17.6 Å². The maximum atomic E-state index is 12.8. The first-order valence-electron chi connectivity index (χ1n) is 11.3. The lowest BCUT2D eigenvalue weighted by Gasteiger charge is -2.11. The van der Waals surface area contributed by atoms with Crippen molar-refractivity contribution in [3.63, 3.8) is 0 Å². The highest BCUT2D eigenvalue weighted by molar-refractivity contribution is 6.40. The third-order valence-corrected chi connectivity index (χ3v) is 5.42. The van der Waals surface area contributed by atoms with Crippen LogP contribution in [0.5, 0.6) is 5.75 Å². The summed E-state index contributed by atoms with van der Waals surface area (Å²) in [7, 11) is 0. The SMILES string of the molecule is CCOc1ccc(NC(=O)c2ccccc2NC(=O)C(=O)NN=Cc2coc3ccc(Cl)cc3c2=O)cc1. The van der Waals surface area contributed by atoms with Crippen LogP contribution >= 0.6 is 11.6 Å². The average Bonchev–Trinajstić information content (AvgIpc) is 2.91. The van der Waals surface area contributed by atoms with Crippen LogP contribution < -0.4 is 26.2 Å². The van der Waals surface area contributed by atoms with Crippen molar-refractivity contribution in [2.24, 2.45) is 5.10 Å². The van der Waals surface area contributed by atoms with Crippen LogP contribution in [0.15, 0.2) is 87.3 Å². The van der Waals surface area contributed by atoms with Gasteiger partial charge in [0.2, 0.25) is 5.43 Å². The molecule has 0 aliphatic rings. The Bertz CT molecular complexity index is 1600. The lowest BCUT2D eigenvalue weighted by atomic mass is 10.1. The normalized spacial score (nSPS) is 10.8. The number of rotatable bonds is 7. The predicted molar refractivity (Wildman–Crippen MR) is 144 cm³/mol.